The highest BCUT2D eigenvalue weighted by Crippen LogP contribution is 2.30. The summed E-state index contributed by atoms with van der Waals surface area (Å²) in [6.07, 6.45) is 3.15. The lowest BCUT2D eigenvalue weighted by molar-refractivity contribution is -0.139. The van der Waals surface area contributed by atoms with Crippen molar-refractivity contribution in [3.05, 3.63) is 90.8 Å². The highest BCUT2D eigenvalue weighted by molar-refractivity contribution is 7.07. The van der Waals surface area contributed by atoms with Crippen LogP contribution in [0.25, 0.3) is 6.08 Å². The van der Waals surface area contributed by atoms with Crippen molar-refractivity contribution in [3.63, 3.8) is 0 Å². The molecule has 0 saturated carbocycles. The minimum Gasteiger partial charge on any atom is -0.465 e. The fraction of sp³-hybridized carbons (Fsp3) is 0.190. The van der Waals surface area contributed by atoms with E-state index in [2.05, 4.69) is 4.99 Å². The van der Waals surface area contributed by atoms with Crippen molar-refractivity contribution in [1.82, 2.24) is 4.57 Å². The fourth-order valence-electron chi connectivity index (χ4n) is 3.25. The molecular formula is C21H17FN2O4S. The molecule has 8 heteroatoms. The van der Waals surface area contributed by atoms with Gasteiger partial charge in [-0.3, -0.25) is 9.36 Å². The standard InChI is InChI=1S/C21H17FN2O4S/c1-3-27-20(26)17-12(2)23-21-24(18(17)13-6-8-14(22)9-7-13)19(25)16(29-21)11-15-5-4-10-28-15/h4-11,18H,3H2,1-2H3. The minimum absolute atomic E-state index is 0.189. The summed E-state index contributed by atoms with van der Waals surface area (Å²) < 4.78 is 25.9. The van der Waals surface area contributed by atoms with Crippen molar-refractivity contribution in [2.75, 3.05) is 6.61 Å². The third-order valence-electron chi connectivity index (χ3n) is 4.52. The summed E-state index contributed by atoms with van der Waals surface area (Å²) in [5.74, 6) is -0.421. The molecule has 3 aromatic rings. The quantitative estimate of drug-likeness (QED) is 0.618. The van der Waals surface area contributed by atoms with Crippen LogP contribution in [0.4, 0.5) is 4.39 Å². The number of aromatic nitrogens is 1. The first-order valence-electron chi connectivity index (χ1n) is 8.98. The topological polar surface area (TPSA) is 73.8 Å². The zero-order valence-electron chi connectivity index (χ0n) is 15.7. The van der Waals surface area contributed by atoms with E-state index in [1.165, 1.54) is 34.3 Å². The number of ether oxygens (including phenoxy) is 1. The van der Waals surface area contributed by atoms with E-state index in [9.17, 15) is 14.0 Å². The van der Waals surface area contributed by atoms with Gasteiger partial charge in [-0.25, -0.2) is 14.2 Å². The molecule has 0 saturated heterocycles. The van der Waals surface area contributed by atoms with Crippen molar-refractivity contribution in [2.24, 2.45) is 4.99 Å². The Morgan fingerprint density at radius 1 is 1.34 bits per heavy atom. The van der Waals surface area contributed by atoms with Gasteiger partial charge in [0.2, 0.25) is 0 Å². The zero-order valence-corrected chi connectivity index (χ0v) is 16.5. The number of nitrogens with zero attached hydrogens (tertiary/aromatic N) is 2. The molecule has 4 rings (SSSR count). The zero-order chi connectivity index (χ0) is 20.5. The number of furan rings is 1. The van der Waals surface area contributed by atoms with Gasteiger partial charge in [-0.05, 0) is 43.7 Å². The van der Waals surface area contributed by atoms with Crippen LogP contribution in [-0.2, 0) is 9.53 Å². The lowest BCUT2D eigenvalue weighted by atomic mass is 9.96. The summed E-state index contributed by atoms with van der Waals surface area (Å²) in [7, 11) is 0. The van der Waals surface area contributed by atoms with Crippen LogP contribution < -0.4 is 14.9 Å². The van der Waals surface area contributed by atoms with E-state index >= 15 is 0 Å². The predicted octanol–water partition coefficient (Wildman–Crippen LogP) is 2.53. The van der Waals surface area contributed by atoms with Gasteiger partial charge in [0.15, 0.2) is 4.80 Å². The molecule has 1 atom stereocenters. The molecule has 1 aromatic carbocycles. The second-order valence-electron chi connectivity index (χ2n) is 6.37. The van der Waals surface area contributed by atoms with Gasteiger partial charge >= 0.3 is 5.97 Å². The van der Waals surface area contributed by atoms with E-state index < -0.39 is 17.8 Å². The van der Waals surface area contributed by atoms with Crippen molar-refractivity contribution in [2.45, 2.75) is 19.9 Å². The number of hydrogen-bond acceptors (Lipinski definition) is 6. The Morgan fingerprint density at radius 3 is 2.76 bits per heavy atom. The normalized spacial score (nSPS) is 16.5. The van der Waals surface area contributed by atoms with Crippen LogP contribution in [-0.4, -0.2) is 17.1 Å². The van der Waals surface area contributed by atoms with E-state index in [1.54, 1.807) is 44.2 Å². The first-order valence-corrected chi connectivity index (χ1v) is 9.80. The van der Waals surface area contributed by atoms with E-state index in [4.69, 9.17) is 9.15 Å². The highest BCUT2D eigenvalue weighted by Gasteiger charge is 2.33. The third-order valence-corrected chi connectivity index (χ3v) is 5.50. The molecule has 1 aliphatic rings. The number of hydrogen-bond donors (Lipinski definition) is 0. The summed E-state index contributed by atoms with van der Waals surface area (Å²) in [6, 6.07) is 8.42. The third kappa shape index (κ3) is 3.47. The second kappa shape index (κ2) is 7.63. The van der Waals surface area contributed by atoms with E-state index in [-0.39, 0.29) is 17.7 Å². The Morgan fingerprint density at radius 2 is 2.10 bits per heavy atom. The number of halogens is 1. The van der Waals surface area contributed by atoms with E-state index in [0.29, 0.717) is 26.4 Å². The van der Waals surface area contributed by atoms with Crippen LogP contribution in [0.5, 0.6) is 0 Å². The van der Waals surface area contributed by atoms with Crippen LogP contribution >= 0.6 is 11.3 Å². The Kier molecular flexibility index (Phi) is 5.02. The van der Waals surface area contributed by atoms with Gasteiger partial charge < -0.3 is 9.15 Å². The number of benzene rings is 1. The number of allylic oxidation sites excluding steroid dienone is 1. The lowest BCUT2D eigenvalue weighted by Crippen LogP contribution is -2.39. The van der Waals surface area contributed by atoms with Crippen molar-refractivity contribution in [3.8, 4) is 0 Å². The molecular weight excluding hydrogens is 395 g/mol. The number of rotatable bonds is 4. The Balaban J connectivity index is 1.97. The van der Waals surface area contributed by atoms with Crippen molar-refractivity contribution in [1.29, 1.82) is 0 Å². The molecule has 0 radical (unpaired) electrons. The van der Waals surface area contributed by atoms with Gasteiger partial charge in [0.05, 0.1) is 34.7 Å². The molecule has 6 nitrogen and oxygen atoms in total. The molecule has 29 heavy (non-hydrogen) atoms. The summed E-state index contributed by atoms with van der Waals surface area (Å²) in [6.45, 7) is 3.60. The summed E-state index contributed by atoms with van der Waals surface area (Å²) >= 11 is 1.20. The van der Waals surface area contributed by atoms with Gasteiger partial charge in [-0.15, -0.1) is 0 Å². The molecule has 0 N–H and O–H groups in total. The number of esters is 1. The van der Waals surface area contributed by atoms with E-state index in [1.807, 2.05) is 0 Å². The molecule has 1 aliphatic heterocycles. The average Bonchev–Trinajstić information content (AvgIpc) is 3.30. The van der Waals surface area contributed by atoms with E-state index in [0.717, 1.165) is 0 Å². The molecule has 0 aliphatic carbocycles. The van der Waals surface area contributed by atoms with Gasteiger partial charge in [-0.1, -0.05) is 23.5 Å². The molecule has 0 fully saturated rings. The average molecular weight is 412 g/mol. The molecule has 3 heterocycles. The Labute approximate surface area is 168 Å². The van der Waals surface area contributed by atoms with Gasteiger partial charge in [0.25, 0.3) is 5.56 Å². The van der Waals surface area contributed by atoms with Crippen LogP contribution in [0.3, 0.4) is 0 Å². The Bertz CT molecular complexity index is 1270. The monoisotopic (exact) mass is 412 g/mol. The smallest absolute Gasteiger partial charge is 0.338 e. The first kappa shape index (κ1) is 19.1. The number of thiazole rings is 1. The maximum atomic E-state index is 13.5. The highest BCUT2D eigenvalue weighted by atomic mass is 32.1. The number of carbonyl (C=O) groups excluding carboxylic acids is 1. The van der Waals surface area contributed by atoms with Crippen molar-refractivity contribution >= 4 is 23.4 Å². The van der Waals surface area contributed by atoms with Gasteiger partial charge in [0, 0.05) is 6.08 Å². The maximum absolute atomic E-state index is 13.5. The SMILES string of the molecule is CCOC(=O)C1=C(C)N=c2sc(=Cc3ccco3)c(=O)n2C1c1ccc(F)cc1. The molecule has 0 amide bonds. The molecule has 0 spiro atoms. The van der Waals surface area contributed by atoms with Gasteiger partial charge in [0.1, 0.15) is 11.6 Å². The van der Waals surface area contributed by atoms with Crippen LogP contribution in [0.1, 0.15) is 31.2 Å². The predicted molar refractivity (Wildman–Crippen MR) is 106 cm³/mol. The fourth-order valence-corrected chi connectivity index (χ4v) is 4.28. The molecule has 2 aromatic heterocycles. The molecule has 148 valence electrons. The summed E-state index contributed by atoms with van der Waals surface area (Å²) in [5.41, 5.74) is 1.00. The van der Waals surface area contributed by atoms with Crippen LogP contribution in [0, 0.1) is 5.82 Å². The Hall–Kier alpha value is -3.26. The molecule has 0 bridgehead atoms. The number of fused-ring (bicyclic) bond motifs is 1. The summed E-state index contributed by atoms with van der Waals surface area (Å²) in [4.78, 5) is 30.8. The summed E-state index contributed by atoms with van der Waals surface area (Å²) in [5, 5.41) is 0. The second-order valence-corrected chi connectivity index (χ2v) is 7.38. The van der Waals surface area contributed by atoms with Gasteiger partial charge in [-0.2, -0.15) is 0 Å². The largest absolute Gasteiger partial charge is 0.465 e. The lowest BCUT2D eigenvalue weighted by Gasteiger charge is -2.24. The first-order chi connectivity index (χ1) is 14.0. The number of carbonyl (C=O) groups is 1. The molecule has 1 unspecified atom stereocenters. The van der Waals surface area contributed by atoms with Crippen LogP contribution in [0.2, 0.25) is 0 Å². The maximum Gasteiger partial charge on any atom is 0.338 e. The van der Waals surface area contributed by atoms with Crippen LogP contribution in [0.15, 0.2) is 68.1 Å². The van der Waals surface area contributed by atoms with Crippen molar-refractivity contribution < 1.29 is 18.3 Å². The minimum atomic E-state index is -0.760.